The summed E-state index contributed by atoms with van der Waals surface area (Å²) in [5.74, 6) is 2.19. The van der Waals surface area contributed by atoms with Crippen LogP contribution in [-0.2, 0) is 9.26 Å². The molecular weight excluding hydrogens is 175 g/mol. The molecule has 0 saturated carbocycles. The van der Waals surface area contributed by atoms with Gasteiger partial charge in [-0.25, -0.2) is 4.67 Å². The minimum atomic E-state index is -1.02. The smallest absolute Gasteiger partial charge is 0.217 e. The van der Waals surface area contributed by atoms with Crippen LogP contribution in [0.1, 0.15) is 6.92 Å². The Bertz CT molecular complexity index is 165. The predicted molar refractivity (Wildman–Crippen MR) is 46.6 cm³/mol. The van der Waals surface area contributed by atoms with Crippen molar-refractivity contribution in [1.82, 2.24) is 4.67 Å². The van der Waals surface area contributed by atoms with Gasteiger partial charge in [0.15, 0.2) is 0 Å². The number of ether oxygens (including phenoxy) is 1. The first-order valence-electron chi connectivity index (χ1n) is 4.04. The van der Waals surface area contributed by atoms with E-state index in [1.54, 1.807) is 0 Å². The number of nitrogens with zero attached hydrogens (tertiary/aromatic N) is 2. The molecular formula is C7H13N2O2P. The number of hydrogen-bond acceptors (Lipinski definition) is 4. The molecule has 12 heavy (non-hydrogen) atoms. The quantitative estimate of drug-likeness (QED) is 0.623. The van der Waals surface area contributed by atoms with Crippen LogP contribution < -0.4 is 0 Å². The molecule has 1 unspecified atom stereocenters. The van der Waals surface area contributed by atoms with E-state index < -0.39 is 8.30 Å². The van der Waals surface area contributed by atoms with Crippen LogP contribution in [0.3, 0.4) is 0 Å². The molecule has 68 valence electrons. The average molecular weight is 188 g/mol. The highest BCUT2D eigenvalue weighted by Crippen LogP contribution is 2.39. The SMILES string of the molecule is CCOP(C#N)N1CCOCC1. The third-order valence-corrected chi connectivity index (χ3v) is 3.17. The van der Waals surface area contributed by atoms with E-state index in [2.05, 4.69) is 10.5 Å². The molecule has 5 heteroatoms. The molecule has 4 nitrogen and oxygen atoms in total. The van der Waals surface area contributed by atoms with Gasteiger partial charge in [0.2, 0.25) is 8.30 Å². The zero-order valence-corrected chi connectivity index (χ0v) is 8.09. The maximum absolute atomic E-state index is 8.78. The van der Waals surface area contributed by atoms with Crippen LogP contribution in [0.4, 0.5) is 0 Å². The van der Waals surface area contributed by atoms with Crippen LogP contribution >= 0.6 is 8.30 Å². The zero-order chi connectivity index (χ0) is 8.81. The average Bonchev–Trinajstić information content (AvgIpc) is 2.15. The number of nitriles is 1. The molecule has 1 atom stereocenters. The molecule has 1 saturated heterocycles. The summed E-state index contributed by atoms with van der Waals surface area (Å²) in [5, 5.41) is 8.78. The molecule has 0 aromatic rings. The molecule has 0 bridgehead atoms. The van der Waals surface area contributed by atoms with Gasteiger partial charge >= 0.3 is 0 Å². The topological polar surface area (TPSA) is 45.5 Å². The molecule has 1 aliphatic heterocycles. The van der Waals surface area contributed by atoms with Crippen LogP contribution in [0.15, 0.2) is 0 Å². The Hall–Kier alpha value is -0.200. The van der Waals surface area contributed by atoms with Crippen LogP contribution in [0, 0.1) is 11.1 Å². The zero-order valence-electron chi connectivity index (χ0n) is 7.19. The molecule has 1 fully saturated rings. The van der Waals surface area contributed by atoms with Crippen molar-refractivity contribution >= 4 is 8.30 Å². The van der Waals surface area contributed by atoms with Crippen molar-refractivity contribution in [1.29, 1.82) is 5.26 Å². The summed E-state index contributed by atoms with van der Waals surface area (Å²) in [5.41, 5.74) is 0. The summed E-state index contributed by atoms with van der Waals surface area (Å²) in [6.45, 7) is 5.59. The van der Waals surface area contributed by atoms with E-state index in [1.165, 1.54) is 0 Å². The van der Waals surface area contributed by atoms with Gasteiger partial charge < -0.3 is 9.26 Å². The molecule has 1 heterocycles. The van der Waals surface area contributed by atoms with Gasteiger partial charge in [0.25, 0.3) is 0 Å². The summed E-state index contributed by atoms with van der Waals surface area (Å²) >= 11 is 0. The molecule has 1 rings (SSSR count). The lowest BCUT2D eigenvalue weighted by Gasteiger charge is -2.28. The molecule has 0 spiro atoms. The van der Waals surface area contributed by atoms with E-state index >= 15 is 0 Å². The van der Waals surface area contributed by atoms with Crippen molar-refractivity contribution in [2.24, 2.45) is 0 Å². The normalized spacial score (nSPS) is 21.7. The lowest BCUT2D eigenvalue weighted by molar-refractivity contribution is 0.0707. The summed E-state index contributed by atoms with van der Waals surface area (Å²) in [4.78, 5) is 0. The van der Waals surface area contributed by atoms with E-state index in [9.17, 15) is 0 Å². The van der Waals surface area contributed by atoms with Crippen molar-refractivity contribution < 1.29 is 9.26 Å². The monoisotopic (exact) mass is 188 g/mol. The van der Waals surface area contributed by atoms with Crippen molar-refractivity contribution in [2.75, 3.05) is 32.9 Å². The van der Waals surface area contributed by atoms with Gasteiger partial charge in [-0.15, -0.1) is 0 Å². The maximum atomic E-state index is 8.78. The van der Waals surface area contributed by atoms with Crippen molar-refractivity contribution in [3.63, 3.8) is 0 Å². The molecule has 0 radical (unpaired) electrons. The second-order valence-corrected chi connectivity index (χ2v) is 3.93. The van der Waals surface area contributed by atoms with Gasteiger partial charge in [0.05, 0.1) is 19.8 Å². The molecule has 0 aromatic heterocycles. The van der Waals surface area contributed by atoms with E-state index in [4.69, 9.17) is 14.5 Å². The van der Waals surface area contributed by atoms with E-state index in [-0.39, 0.29) is 0 Å². The van der Waals surface area contributed by atoms with Crippen molar-refractivity contribution in [3.8, 4) is 5.81 Å². The van der Waals surface area contributed by atoms with Gasteiger partial charge in [-0.2, -0.15) is 5.26 Å². The largest absolute Gasteiger partial charge is 0.379 e. The highest BCUT2D eigenvalue weighted by molar-refractivity contribution is 7.55. The van der Waals surface area contributed by atoms with Gasteiger partial charge in [-0.3, -0.25) is 0 Å². The molecule has 0 aromatic carbocycles. The van der Waals surface area contributed by atoms with E-state index in [1.807, 2.05) is 6.92 Å². The van der Waals surface area contributed by atoms with Crippen molar-refractivity contribution in [2.45, 2.75) is 6.92 Å². The molecule has 0 amide bonds. The van der Waals surface area contributed by atoms with Crippen LogP contribution in [0.2, 0.25) is 0 Å². The number of rotatable bonds is 3. The molecule has 0 N–H and O–H groups in total. The first-order chi connectivity index (χ1) is 5.88. The van der Waals surface area contributed by atoms with Gasteiger partial charge in [0, 0.05) is 13.1 Å². The maximum Gasteiger partial charge on any atom is 0.217 e. The Labute approximate surface area is 73.9 Å². The fourth-order valence-corrected chi connectivity index (χ4v) is 2.15. The van der Waals surface area contributed by atoms with Crippen molar-refractivity contribution in [3.05, 3.63) is 0 Å². The van der Waals surface area contributed by atoms with Crippen LogP contribution in [-0.4, -0.2) is 37.6 Å². The fraction of sp³-hybridized carbons (Fsp3) is 0.857. The Morgan fingerprint density at radius 1 is 1.58 bits per heavy atom. The summed E-state index contributed by atoms with van der Waals surface area (Å²) < 4.78 is 12.5. The standard InChI is InChI=1S/C7H13N2O2P/c1-2-11-12(7-8)9-3-5-10-6-4-9/h2-6H2,1H3. The minimum Gasteiger partial charge on any atom is -0.379 e. The highest BCUT2D eigenvalue weighted by Gasteiger charge is 2.21. The van der Waals surface area contributed by atoms with Gasteiger partial charge in [-0.1, -0.05) is 0 Å². The fourth-order valence-electron chi connectivity index (χ4n) is 1.03. The van der Waals surface area contributed by atoms with E-state index in [0.29, 0.717) is 19.8 Å². The first kappa shape index (κ1) is 9.88. The second-order valence-electron chi connectivity index (χ2n) is 2.36. The summed E-state index contributed by atoms with van der Waals surface area (Å²) in [6.07, 6.45) is 0. The second kappa shape index (κ2) is 5.45. The van der Waals surface area contributed by atoms with Crippen LogP contribution in [0.25, 0.3) is 0 Å². The predicted octanol–water partition coefficient (Wildman–Crippen LogP) is 1.15. The Morgan fingerprint density at radius 3 is 2.75 bits per heavy atom. The lowest BCUT2D eigenvalue weighted by atomic mass is 10.5. The number of morpholine rings is 1. The molecule has 0 aliphatic carbocycles. The van der Waals surface area contributed by atoms with Gasteiger partial charge in [0.1, 0.15) is 5.81 Å². The Kier molecular flexibility index (Phi) is 4.49. The molecule has 1 aliphatic rings. The lowest BCUT2D eigenvalue weighted by Crippen LogP contribution is -2.32. The van der Waals surface area contributed by atoms with Crippen LogP contribution in [0.5, 0.6) is 0 Å². The Balaban J connectivity index is 2.36. The van der Waals surface area contributed by atoms with E-state index in [0.717, 1.165) is 13.1 Å². The van der Waals surface area contributed by atoms with Gasteiger partial charge in [-0.05, 0) is 6.92 Å². The summed E-state index contributed by atoms with van der Waals surface area (Å²) in [6, 6.07) is 0. The Morgan fingerprint density at radius 2 is 2.25 bits per heavy atom. The number of hydrogen-bond donors (Lipinski definition) is 0. The minimum absolute atomic E-state index is 0.608. The third-order valence-electron chi connectivity index (χ3n) is 1.58. The third kappa shape index (κ3) is 2.69. The highest BCUT2D eigenvalue weighted by atomic mass is 31.2. The summed E-state index contributed by atoms with van der Waals surface area (Å²) in [7, 11) is -1.02. The first-order valence-corrected chi connectivity index (χ1v) is 5.25.